The minimum atomic E-state index is -3.07. The normalized spacial score (nSPS) is 18.5. The number of methoxy groups -OCH3 is 1. The van der Waals surface area contributed by atoms with Crippen LogP contribution in [0.15, 0.2) is 22.7 Å². The Kier molecular flexibility index (Phi) is 5.50. The number of halogens is 1. The average molecular weight is 390 g/mol. The fourth-order valence-corrected chi connectivity index (χ4v) is 4.04. The van der Waals surface area contributed by atoms with E-state index in [4.69, 9.17) is 4.74 Å². The summed E-state index contributed by atoms with van der Waals surface area (Å²) in [5, 5.41) is -0.420. The molecule has 1 amide bonds. The Morgan fingerprint density at radius 3 is 2.77 bits per heavy atom. The number of benzene rings is 1. The highest BCUT2D eigenvalue weighted by atomic mass is 79.9. The van der Waals surface area contributed by atoms with Crippen molar-refractivity contribution in [2.45, 2.75) is 24.5 Å². The topological polar surface area (TPSA) is 63.7 Å². The van der Waals surface area contributed by atoms with Gasteiger partial charge in [0.1, 0.15) is 5.75 Å². The summed E-state index contributed by atoms with van der Waals surface area (Å²) in [6.07, 6.45) is 2.69. The number of nitrogens with zero attached hydrogens (tertiary/aromatic N) is 1. The van der Waals surface area contributed by atoms with Gasteiger partial charge >= 0.3 is 0 Å². The zero-order valence-electron chi connectivity index (χ0n) is 12.7. The number of ether oxygens (including phenoxy) is 1. The first-order valence-corrected chi connectivity index (χ1v) is 9.85. The van der Waals surface area contributed by atoms with Crippen molar-refractivity contribution < 1.29 is 17.9 Å². The lowest BCUT2D eigenvalue weighted by Gasteiger charge is -2.16. The molecule has 0 bridgehead atoms. The summed E-state index contributed by atoms with van der Waals surface area (Å²) in [4.78, 5) is 13.9. The van der Waals surface area contributed by atoms with Gasteiger partial charge in [-0.3, -0.25) is 4.79 Å². The van der Waals surface area contributed by atoms with Crippen molar-refractivity contribution in [1.82, 2.24) is 4.90 Å². The highest BCUT2D eigenvalue weighted by Gasteiger charge is 2.32. The van der Waals surface area contributed by atoms with Gasteiger partial charge < -0.3 is 9.64 Å². The third kappa shape index (κ3) is 4.23. The highest BCUT2D eigenvalue weighted by molar-refractivity contribution is 9.10. The van der Waals surface area contributed by atoms with Crippen LogP contribution in [-0.2, 0) is 21.1 Å². The second-order valence-electron chi connectivity index (χ2n) is 5.54. The van der Waals surface area contributed by atoms with Gasteiger partial charge in [-0.1, -0.05) is 15.9 Å². The summed E-state index contributed by atoms with van der Waals surface area (Å²) in [6, 6.07) is 5.69. The standard InChI is InChI=1S/C15H20BrNO4S/c1-21-14-5-4-12(16)9-11(14)3-6-15(18)17-8-7-13(10-17)22(2,19)20/h4-5,9,13H,3,6-8,10H2,1-2H3. The van der Waals surface area contributed by atoms with E-state index in [2.05, 4.69) is 15.9 Å². The number of rotatable bonds is 5. The van der Waals surface area contributed by atoms with Crippen molar-refractivity contribution in [3.8, 4) is 5.75 Å². The maximum Gasteiger partial charge on any atom is 0.222 e. The van der Waals surface area contributed by atoms with Crippen molar-refractivity contribution in [2.24, 2.45) is 0 Å². The molecule has 1 atom stereocenters. The molecule has 1 heterocycles. The van der Waals surface area contributed by atoms with Crippen LogP contribution in [0, 0.1) is 0 Å². The van der Waals surface area contributed by atoms with E-state index in [0.29, 0.717) is 32.4 Å². The minimum Gasteiger partial charge on any atom is -0.496 e. The Bertz CT molecular complexity index is 660. The number of hydrogen-bond acceptors (Lipinski definition) is 4. The monoisotopic (exact) mass is 389 g/mol. The van der Waals surface area contributed by atoms with Gasteiger partial charge in [0.05, 0.1) is 12.4 Å². The maximum atomic E-state index is 12.3. The molecule has 0 N–H and O–H groups in total. The maximum absolute atomic E-state index is 12.3. The van der Waals surface area contributed by atoms with Gasteiger partial charge in [0.25, 0.3) is 0 Å². The molecule has 1 aromatic carbocycles. The summed E-state index contributed by atoms with van der Waals surface area (Å²) in [7, 11) is -1.47. The van der Waals surface area contributed by atoms with Gasteiger partial charge in [-0.05, 0) is 36.6 Å². The first kappa shape index (κ1) is 17.3. The molecule has 1 fully saturated rings. The lowest BCUT2D eigenvalue weighted by molar-refractivity contribution is -0.130. The van der Waals surface area contributed by atoms with Gasteiger partial charge in [0.15, 0.2) is 9.84 Å². The molecule has 1 aliphatic rings. The minimum absolute atomic E-state index is 0.00632. The summed E-state index contributed by atoms with van der Waals surface area (Å²) >= 11 is 3.41. The van der Waals surface area contributed by atoms with Gasteiger partial charge in [-0.15, -0.1) is 0 Å². The van der Waals surface area contributed by atoms with E-state index in [9.17, 15) is 13.2 Å². The van der Waals surface area contributed by atoms with E-state index in [0.717, 1.165) is 15.8 Å². The Labute approximate surface area is 139 Å². The molecule has 22 heavy (non-hydrogen) atoms. The number of likely N-dealkylation sites (tertiary alicyclic amines) is 1. The summed E-state index contributed by atoms with van der Waals surface area (Å²) in [5.41, 5.74) is 0.962. The lowest BCUT2D eigenvalue weighted by atomic mass is 10.1. The number of hydrogen-bond donors (Lipinski definition) is 0. The molecule has 0 spiro atoms. The van der Waals surface area contributed by atoms with Crippen molar-refractivity contribution >= 4 is 31.7 Å². The van der Waals surface area contributed by atoms with Gasteiger partial charge in [0.2, 0.25) is 5.91 Å². The van der Waals surface area contributed by atoms with Crippen LogP contribution in [0.2, 0.25) is 0 Å². The van der Waals surface area contributed by atoms with Crippen molar-refractivity contribution in [3.63, 3.8) is 0 Å². The van der Waals surface area contributed by atoms with Crippen LogP contribution in [0.3, 0.4) is 0 Å². The molecule has 7 heteroatoms. The van der Waals surface area contributed by atoms with Crippen LogP contribution in [-0.4, -0.2) is 50.9 Å². The van der Waals surface area contributed by atoms with E-state index in [1.807, 2.05) is 18.2 Å². The molecule has 0 radical (unpaired) electrons. The van der Waals surface area contributed by atoms with E-state index < -0.39 is 15.1 Å². The first-order chi connectivity index (χ1) is 10.3. The Hall–Kier alpha value is -1.08. The number of aryl methyl sites for hydroxylation is 1. The second kappa shape index (κ2) is 7.00. The number of amides is 1. The van der Waals surface area contributed by atoms with Crippen LogP contribution < -0.4 is 4.74 Å². The van der Waals surface area contributed by atoms with E-state index in [-0.39, 0.29) is 5.91 Å². The quantitative estimate of drug-likeness (QED) is 0.772. The van der Waals surface area contributed by atoms with Gasteiger partial charge in [-0.25, -0.2) is 8.42 Å². The number of sulfone groups is 1. The van der Waals surface area contributed by atoms with Crippen LogP contribution >= 0.6 is 15.9 Å². The molecule has 1 saturated heterocycles. The summed E-state index contributed by atoms with van der Waals surface area (Å²) in [5.74, 6) is 0.750. The van der Waals surface area contributed by atoms with Crippen LogP contribution in [0.1, 0.15) is 18.4 Å². The van der Waals surface area contributed by atoms with Crippen molar-refractivity contribution in [3.05, 3.63) is 28.2 Å². The van der Waals surface area contributed by atoms with Gasteiger partial charge in [0, 0.05) is 30.2 Å². The summed E-state index contributed by atoms with van der Waals surface area (Å²) < 4.78 is 29.3. The fraction of sp³-hybridized carbons (Fsp3) is 0.533. The third-order valence-corrected chi connectivity index (χ3v) is 6.04. The first-order valence-electron chi connectivity index (χ1n) is 7.10. The Balaban J connectivity index is 1.95. The molecular formula is C15H20BrNO4S. The molecule has 0 saturated carbocycles. The largest absolute Gasteiger partial charge is 0.496 e. The fourth-order valence-electron chi connectivity index (χ4n) is 2.65. The van der Waals surface area contributed by atoms with Crippen molar-refractivity contribution in [2.75, 3.05) is 26.5 Å². The van der Waals surface area contributed by atoms with E-state index >= 15 is 0 Å². The zero-order valence-corrected chi connectivity index (χ0v) is 15.1. The van der Waals surface area contributed by atoms with Crippen molar-refractivity contribution in [1.29, 1.82) is 0 Å². The molecular weight excluding hydrogens is 370 g/mol. The van der Waals surface area contributed by atoms with Crippen LogP contribution in [0.4, 0.5) is 0 Å². The van der Waals surface area contributed by atoms with E-state index in [1.165, 1.54) is 6.26 Å². The molecule has 2 rings (SSSR count). The molecule has 0 aromatic heterocycles. The van der Waals surface area contributed by atoms with Gasteiger partial charge in [-0.2, -0.15) is 0 Å². The van der Waals surface area contributed by atoms with E-state index in [1.54, 1.807) is 12.0 Å². The predicted octanol–water partition coefficient (Wildman–Crippen LogP) is 2.04. The van der Waals surface area contributed by atoms with Crippen LogP contribution in [0.25, 0.3) is 0 Å². The highest BCUT2D eigenvalue weighted by Crippen LogP contribution is 2.25. The molecule has 5 nitrogen and oxygen atoms in total. The molecule has 0 aliphatic carbocycles. The Morgan fingerprint density at radius 1 is 1.45 bits per heavy atom. The Morgan fingerprint density at radius 2 is 2.18 bits per heavy atom. The molecule has 122 valence electrons. The molecule has 1 aromatic rings. The zero-order chi connectivity index (χ0) is 16.3. The molecule has 1 aliphatic heterocycles. The lowest BCUT2D eigenvalue weighted by Crippen LogP contribution is -2.31. The predicted molar refractivity (Wildman–Crippen MR) is 88.8 cm³/mol. The smallest absolute Gasteiger partial charge is 0.222 e. The number of carbonyl (C=O) groups is 1. The average Bonchev–Trinajstić information content (AvgIpc) is 2.95. The summed E-state index contributed by atoms with van der Waals surface area (Å²) in [6.45, 7) is 0.833. The number of carbonyl (C=O) groups excluding carboxylic acids is 1. The second-order valence-corrected chi connectivity index (χ2v) is 8.78. The third-order valence-electron chi connectivity index (χ3n) is 3.95. The molecule has 1 unspecified atom stereocenters. The SMILES string of the molecule is COc1ccc(Br)cc1CCC(=O)N1CCC(S(C)(=O)=O)C1. The van der Waals surface area contributed by atoms with Crippen LogP contribution in [0.5, 0.6) is 5.75 Å².